The molecular formula is H4N4O9Zn. The zero-order chi connectivity index (χ0) is 10.7. The fourth-order valence-electron chi connectivity index (χ4n) is 0. The van der Waals surface area contributed by atoms with Crippen molar-refractivity contribution in [2.75, 3.05) is 0 Å². The van der Waals surface area contributed by atoms with Gasteiger partial charge in [-0.3, -0.25) is 0 Å². The maximum absolute atomic E-state index is 8.36. The van der Waals surface area contributed by atoms with E-state index in [1.807, 2.05) is 0 Å². The summed E-state index contributed by atoms with van der Waals surface area (Å²) in [6, 6.07) is 0. The van der Waals surface area contributed by atoms with Gasteiger partial charge < -0.3 is 42.0 Å². The van der Waals surface area contributed by atoms with Crippen LogP contribution in [0.2, 0.25) is 0 Å². The van der Waals surface area contributed by atoms with Crippen molar-refractivity contribution in [3.05, 3.63) is 40.8 Å². The van der Waals surface area contributed by atoms with E-state index in [0.29, 0.717) is 0 Å². The van der Waals surface area contributed by atoms with Crippen molar-refractivity contribution in [3.8, 4) is 0 Å². The minimum Gasteiger partial charge on any atom is -0.356 e. The van der Waals surface area contributed by atoms with Gasteiger partial charge in [0.1, 0.15) is 0 Å². The monoisotopic (exact) mass is 268 g/mol. The molecule has 0 amide bonds. The van der Waals surface area contributed by atoms with Crippen molar-refractivity contribution < 1.29 is 39.9 Å². The van der Waals surface area contributed by atoms with E-state index in [1.165, 1.54) is 0 Å². The van der Waals surface area contributed by atoms with Gasteiger partial charge in [-0.2, -0.15) is 0 Å². The fourth-order valence-corrected chi connectivity index (χ4v) is 0. The van der Waals surface area contributed by atoms with Gasteiger partial charge in [0.2, 0.25) is 0 Å². The Labute approximate surface area is 87.6 Å². The number of hydrogen-bond acceptors (Lipinski definition) is 9. The first-order valence-electron chi connectivity index (χ1n) is 1.66. The summed E-state index contributed by atoms with van der Waals surface area (Å²) in [4.78, 5) is 24.9. The van der Waals surface area contributed by atoms with Gasteiger partial charge in [0.15, 0.2) is 0 Å². The molecule has 0 saturated carbocycles. The van der Waals surface area contributed by atoms with Crippen LogP contribution in [-0.2, 0) is 19.5 Å². The van der Waals surface area contributed by atoms with Gasteiger partial charge in [-0.1, -0.05) is 0 Å². The molecule has 80 valence electrons. The minimum atomic E-state index is -1.75. The quantitative estimate of drug-likeness (QED) is 0.319. The van der Waals surface area contributed by atoms with Crippen molar-refractivity contribution >= 4 is 0 Å². The molecule has 0 atom stereocenters. The molecule has 14 heteroatoms. The molecule has 0 rings (SSSR count). The third-order valence-electron chi connectivity index (χ3n) is 0. The summed E-state index contributed by atoms with van der Waals surface area (Å²) in [5.41, 5.74) is 0. The molecule has 0 aliphatic carbocycles. The van der Waals surface area contributed by atoms with Crippen LogP contribution in [0.3, 0.4) is 0 Å². The molecule has 0 saturated heterocycles. The van der Waals surface area contributed by atoms with Gasteiger partial charge in [-0.05, 0) is 0 Å². The second-order valence-corrected chi connectivity index (χ2v) is 0.685. The number of rotatable bonds is 0. The number of hydrogen-bond donors (Lipinski definition) is 2. The molecule has 0 aliphatic rings. The Morgan fingerprint density at radius 1 is 0.786 bits per heavy atom. The summed E-state index contributed by atoms with van der Waals surface area (Å²) >= 11 is 0. The molecule has 0 aliphatic heterocycles. The Morgan fingerprint density at radius 3 is 0.786 bits per heavy atom. The summed E-state index contributed by atoms with van der Waals surface area (Å²) in [5.74, 6) is 0. The van der Waals surface area contributed by atoms with Gasteiger partial charge in [-0.15, -0.1) is 10.1 Å². The van der Waals surface area contributed by atoms with E-state index in [1.54, 1.807) is 0 Å². The predicted octanol–water partition coefficient (Wildman–Crippen LogP) is -0.666. The second kappa shape index (κ2) is 22.5. The molecule has 0 unspecified atom stereocenters. The Morgan fingerprint density at radius 2 is 0.786 bits per heavy atom. The van der Waals surface area contributed by atoms with E-state index >= 15 is 0 Å². The Kier molecular flexibility index (Phi) is 47.4. The molecule has 0 heterocycles. The zero-order valence-corrected chi connectivity index (χ0v) is 9.44. The average molecular weight is 269 g/mol. The summed E-state index contributed by atoms with van der Waals surface area (Å²) in [6.07, 6.45) is 0. The first-order chi connectivity index (χ1) is 5.20. The van der Waals surface area contributed by atoms with Crippen LogP contribution in [0.4, 0.5) is 0 Å². The molecule has 0 radical (unpaired) electrons. The molecule has 13 nitrogen and oxygen atoms in total. The number of nitrogens with zero attached hydrogens (tertiary/aromatic N) is 3. The van der Waals surface area contributed by atoms with E-state index in [9.17, 15) is 0 Å². The van der Waals surface area contributed by atoms with Crippen LogP contribution in [0, 0.1) is 40.8 Å². The Hall–Kier alpha value is -1.82. The van der Waals surface area contributed by atoms with Gasteiger partial charge in [-0.25, -0.2) is 0 Å². The molecule has 0 aromatic carbocycles. The van der Waals surface area contributed by atoms with Gasteiger partial charge in [0, 0.05) is 0 Å². The van der Waals surface area contributed by atoms with Crippen LogP contribution in [0.5, 0.6) is 0 Å². The smallest absolute Gasteiger partial charge is 0.356 e. The van der Waals surface area contributed by atoms with Gasteiger partial charge >= 0.3 is 19.5 Å². The normalized spacial score (nSPS) is 5.14. The van der Waals surface area contributed by atoms with Gasteiger partial charge in [0.05, 0.1) is 10.2 Å². The maximum atomic E-state index is 8.36. The topological polar surface area (TPSA) is 231 Å². The molecule has 0 aromatic rings. The molecule has 0 spiro atoms. The van der Waals surface area contributed by atoms with Gasteiger partial charge in [0.25, 0.3) is 5.09 Å². The molecule has 4 N–H and O–H groups in total. The summed E-state index contributed by atoms with van der Waals surface area (Å²) in [7, 11) is 0. The molecule has 0 fully saturated rings. The minimum absolute atomic E-state index is 0. The Bertz CT molecular complexity index is 114. The largest absolute Gasteiger partial charge is 2.00 e. The average Bonchev–Trinajstić information content (AvgIpc) is 1.54. The van der Waals surface area contributed by atoms with Crippen molar-refractivity contribution in [2.45, 2.75) is 0 Å². The summed E-state index contributed by atoms with van der Waals surface area (Å²) in [6.45, 7) is 0. The first-order valence-corrected chi connectivity index (χ1v) is 1.66. The van der Waals surface area contributed by atoms with Crippen LogP contribution in [0.25, 0.3) is 0 Å². The third kappa shape index (κ3) is 260. The summed E-state index contributed by atoms with van der Waals surface area (Å²) < 4.78 is 0. The van der Waals surface area contributed by atoms with Crippen molar-refractivity contribution in [1.29, 1.82) is 0 Å². The summed E-state index contributed by atoms with van der Waals surface area (Å²) in [5, 5.41) is 43.1. The van der Waals surface area contributed by atoms with Crippen LogP contribution < -0.4 is 6.15 Å². The van der Waals surface area contributed by atoms with Crippen LogP contribution in [0.15, 0.2) is 0 Å². The van der Waals surface area contributed by atoms with Crippen LogP contribution >= 0.6 is 0 Å². The van der Waals surface area contributed by atoms with E-state index in [-0.39, 0.29) is 25.6 Å². The SMILES string of the molecule is N.O=[N+]([O-])O.O=[N+]([O-])[O-].O=[N+]([O-])[O-].[Zn+2]. The Balaban J connectivity index is -0.0000000270. The van der Waals surface area contributed by atoms with E-state index in [4.69, 9.17) is 46.0 Å². The fraction of sp³-hybridized carbons (Fsp3) is 0. The zero-order valence-electron chi connectivity index (χ0n) is 6.47. The maximum Gasteiger partial charge on any atom is 2.00 e. The molecule has 14 heavy (non-hydrogen) atoms. The third-order valence-corrected chi connectivity index (χ3v) is 0. The van der Waals surface area contributed by atoms with E-state index < -0.39 is 15.3 Å². The van der Waals surface area contributed by atoms with Crippen LogP contribution in [0.1, 0.15) is 0 Å². The first kappa shape index (κ1) is 29.5. The molecular weight excluding hydrogens is 265 g/mol. The standard InChI is InChI=1S/HNO3.2NO3.H3N.Zn/c3*2-1(3)4;;/h(H,2,3,4);;;1H3;/q;2*-1;;+2. The molecule has 0 bridgehead atoms. The van der Waals surface area contributed by atoms with E-state index in [0.717, 1.165) is 0 Å². The van der Waals surface area contributed by atoms with Crippen LogP contribution in [-0.4, -0.2) is 20.5 Å². The second-order valence-electron chi connectivity index (χ2n) is 0.685. The predicted molar refractivity (Wildman–Crippen MR) is 34.5 cm³/mol. The molecule has 0 aromatic heterocycles. The van der Waals surface area contributed by atoms with Crippen molar-refractivity contribution in [3.63, 3.8) is 0 Å². The van der Waals surface area contributed by atoms with Crippen molar-refractivity contribution in [1.82, 2.24) is 6.15 Å². The van der Waals surface area contributed by atoms with E-state index in [2.05, 4.69) is 0 Å². The van der Waals surface area contributed by atoms with Crippen molar-refractivity contribution in [2.24, 2.45) is 0 Å².